The highest BCUT2D eigenvalue weighted by Crippen LogP contribution is 2.29. The van der Waals surface area contributed by atoms with E-state index in [1.165, 1.54) is 6.21 Å². The first-order chi connectivity index (χ1) is 9.97. The van der Waals surface area contributed by atoms with Crippen LogP contribution in [-0.4, -0.2) is 17.2 Å². The van der Waals surface area contributed by atoms with E-state index >= 15 is 0 Å². The van der Waals surface area contributed by atoms with Gasteiger partial charge in [0.1, 0.15) is 5.75 Å². The summed E-state index contributed by atoms with van der Waals surface area (Å²) in [6.07, 6.45) is 1.50. The minimum atomic E-state index is -0.324. The van der Waals surface area contributed by atoms with E-state index in [9.17, 15) is 9.90 Å². The van der Waals surface area contributed by atoms with Crippen LogP contribution in [0.15, 0.2) is 46.0 Å². The van der Waals surface area contributed by atoms with Gasteiger partial charge in [0.25, 0.3) is 5.91 Å². The lowest BCUT2D eigenvalue weighted by Gasteiger charge is -2.02. The number of amides is 1. The minimum absolute atomic E-state index is 0.179. The minimum Gasteiger partial charge on any atom is -0.506 e. The number of benzene rings is 2. The van der Waals surface area contributed by atoms with Crippen molar-refractivity contribution in [3.05, 3.63) is 60.6 Å². The van der Waals surface area contributed by atoms with Crippen LogP contribution < -0.4 is 5.43 Å². The van der Waals surface area contributed by atoms with Gasteiger partial charge in [-0.25, -0.2) is 5.43 Å². The van der Waals surface area contributed by atoms with E-state index in [1.807, 2.05) is 22.6 Å². The summed E-state index contributed by atoms with van der Waals surface area (Å²) in [6.45, 7) is 0. The zero-order chi connectivity index (χ0) is 15.4. The van der Waals surface area contributed by atoms with E-state index in [-0.39, 0.29) is 11.7 Å². The summed E-state index contributed by atoms with van der Waals surface area (Å²) in [4.78, 5) is 11.8. The van der Waals surface area contributed by atoms with Gasteiger partial charge in [0.05, 0.1) is 14.3 Å². The van der Waals surface area contributed by atoms with Crippen LogP contribution in [0.25, 0.3) is 0 Å². The molecule has 4 nitrogen and oxygen atoms in total. The molecule has 2 rings (SSSR count). The normalized spacial score (nSPS) is 10.8. The van der Waals surface area contributed by atoms with Crippen molar-refractivity contribution >= 4 is 62.2 Å². The number of hydrogen-bond acceptors (Lipinski definition) is 3. The molecule has 0 fully saturated rings. The molecule has 108 valence electrons. The Bertz CT molecular complexity index is 682. The Morgan fingerprint density at radius 1 is 1.33 bits per heavy atom. The second-order valence-electron chi connectivity index (χ2n) is 4.04. The van der Waals surface area contributed by atoms with Crippen LogP contribution in [0.5, 0.6) is 5.75 Å². The Labute approximate surface area is 148 Å². The number of nitrogens with one attached hydrogen (secondary N) is 1. The number of nitrogens with zero attached hydrogens (tertiary/aromatic N) is 1. The third kappa shape index (κ3) is 4.42. The molecule has 21 heavy (non-hydrogen) atoms. The van der Waals surface area contributed by atoms with Crippen molar-refractivity contribution in [2.45, 2.75) is 0 Å². The molecule has 0 radical (unpaired) electrons. The molecule has 0 heterocycles. The molecular weight excluding hydrogens is 470 g/mol. The van der Waals surface area contributed by atoms with Gasteiger partial charge >= 0.3 is 0 Å². The predicted octanol–water partition coefficient (Wildman–Crippen LogP) is 4.18. The van der Waals surface area contributed by atoms with E-state index in [1.54, 1.807) is 36.4 Å². The molecule has 0 aliphatic carbocycles. The molecule has 1 amide bonds. The van der Waals surface area contributed by atoms with Gasteiger partial charge in [-0.15, -0.1) is 0 Å². The van der Waals surface area contributed by atoms with Gasteiger partial charge in [0, 0.05) is 10.6 Å². The molecular formula is C14H9BrClIN2O2. The van der Waals surface area contributed by atoms with E-state index in [0.717, 1.165) is 5.56 Å². The van der Waals surface area contributed by atoms with Crippen LogP contribution in [0.4, 0.5) is 0 Å². The molecule has 0 atom stereocenters. The molecule has 0 aromatic heterocycles. The second kappa shape index (κ2) is 7.24. The van der Waals surface area contributed by atoms with E-state index in [4.69, 9.17) is 11.6 Å². The molecule has 7 heteroatoms. The Kier molecular flexibility index (Phi) is 5.60. The van der Waals surface area contributed by atoms with Gasteiger partial charge in [0.15, 0.2) is 0 Å². The quantitative estimate of drug-likeness (QED) is 0.394. The Hall–Kier alpha value is -1.12. The van der Waals surface area contributed by atoms with E-state index < -0.39 is 0 Å². The zero-order valence-corrected chi connectivity index (χ0v) is 15.0. The lowest BCUT2D eigenvalue weighted by Crippen LogP contribution is -2.17. The zero-order valence-electron chi connectivity index (χ0n) is 10.5. The van der Waals surface area contributed by atoms with Crippen molar-refractivity contribution in [2.24, 2.45) is 5.10 Å². The lowest BCUT2D eigenvalue weighted by molar-refractivity contribution is 0.0955. The van der Waals surface area contributed by atoms with Crippen LogP contribution in [0.1, 0.15) is 15.9 Å². The van der Waals surface area contributed by atoms with E-state index in [0.29, 0.717) is 18.6 Å². The number of rotatable bonds is 3. The average molecular weight is 479 g/mol. The van der Waals surface area contributed by atoms with Gasteiger partial charge < -0.3 is 5.11 Å². The summed E-state index contributed by atoms with van der Waals surface area (Å²) >= 11 is 11.0. The maximum Gasteiger partial charge on any atom is 0.271 e. The van der Waals surface area contributed by atoms with Gasteiger partial charge in [-0.3, -0.25) is 4.79 Å². The Morgan fingerprint density at radius 2 is 2.00 bits per heavy atom. The third-order valence-electron chi connectivity index (χ3n) is 2.53. The van der Waals surface area contributed by atoms with E-state index in [2.05, 4.69) is 26.5 Å². The highest BCUT2D eigenvalue weighted by Gasteiger charge is 2.05. The maximum atomic E-state index is 11.8. The number of halogens is 3. The van der Waals surface area contributed by atoms with Gasteiger partial charge in [0.2, 0.25) is 0 Å². The van der Waals surface area contributed by atoms with Crippen LogP contribution >= 0.6 is 50.1 Å². The number of hydrazone groups is 1. The number of phenolic OH excluding ortho intramolecular Hbond substituents is 1. The summed E-state index contributed by atoms with van der Waals surface area (Å²) in [5.74, 6) is -0.145. The SMILES string of the molecule is O=C(N/N=C\c1cc(Br)c(O)c(I)c1)c1ccc(Cl)cc1. The van der Waals surface area contributed by atoms with Crippen molar-refractivity contribution in [1.29, 1.82) is 0 Å². The molecule has 2 N–H and O–H groups in total. The second-order valence-corrected chi connectivity index (χ2v) is 6.49. The Morgan fingerprint density at radius 3 is 2.62 bits per heavy atom. The van der Waals surface area contributed by atoms with Crippen molar-refractivity contribution in [1.82, 2.24) is 5.43 Å². The van der Waals surface area contributed by atoms with Crippen LogP contribution in [0, 0.1) is 3.57 Å². The lowest BCUT2D eigenvalue weighted by atomic mass is 10.2. The average Bonchev–Trinajstić information content (AvgIpc) is 2.45. The summed E-state index contributed by atoms with van der Waals surface area (Å²) < 4.78 is 1.26. The highest BCUT2D eigenvalue weighted by atomic mass is 127. The molecule has 0 saturated carbocycles. The van der Waals surface area contributed by atoms with Crippen molar-refractivity contribution in [3.8, 4) is 5.75 Å². The van der Waals surface area contributed by atoms with Gasteiger partial charge in [-0.05, 0) is 80.5 Å². The highest BCUT2D eigenvalue weighted by molar-refractivity contribution is 14.1. The molecule has 0 spiro atoms. The van der Waals surface area contributed by atoms with Crippen LogP contribution in [-0.2, 0) is 0 Å². The largest absolute Gasteiger partial charge is 0.506 e. The Balaban J connectivity index is 2.05. The fourth-order valence-corrected chi connectivity index (χ4v) is 3.12. The maximum absolute atomic E-state index is 11.8. The van der Waals surface area contributed by atoms with Gasteiger partial charge in [-0.2, -0.15) is 5.10 Å². The molecule has 0 aliphatic heterocycles. The summed E-state index contributed by atoms with van der Waals surface area (Å²) in [7, 11) is 0. The van der Waals surface area contributed by atoms with Gasteiger partial charge in [-0.1, -0.05) is 11.6 Å². The fraction of sp³-hybridized carbons (Fsp3) is 0. The molecule has 0 bridgehead atoms. The standard InChI is InChI=1S/C14H9BrClIN2O2/c15-11-5-8(6-12(17)13(11)20)7-18-19-14(21)9-1-3-10(16)4-2-9/h1-7,20H,(H,19,21)/b18-7-. The molecule has 0 aliphatic rings. The first kappa shape index (κ1) is 16.3. The molecule has 2 aromatic carbocycles. The van der Waals surface area contributed by atoms with Crippen molar-refractivity contribution in [3.63, 3.8) is 0 Å². The first-order valence-corrected chi connectivity index (χ1v) is 7.99. The molecule has 0 unspecified atom stereocenters. The molecule has 0 saturated heterocycles. The van der Waals surface area contributed by atoms with Crippen LogP contribution in [0.3, 0.4) is 0 Å². The number of aromatic hydroxyl groups is 1. The summed E-state index contributed by atoms with van der Waals surface area (Å²) in [6, 6.07) is 9.97. The van der Waals surface area contributed by atoms with Crippen molar-refractivity contribution in [2.75, 3.05) is 0 Å². The molecule has 2 aromatic rings. The topological polar surface area (TPSA) is 61.7 Å². The first-order valence-electron chi connectivity index (χ1n) is 5.74. The number of hydrogen-bond donors (Lipinski definition) is 2. The van der Waals surface area contributed by atoms with Crippen LogP contribution in [0.2, 0.25) is 5.02 Å². The van der Waals surface area contributed by atoms with Crippen molar-refractivity contribution < 1.29 is 9.90 Å². The number of carbonyl (C=O) groups is 1. The predicted molar refractivity (Wildman–Crippen MR) is 95.0 cm³/mol. The number of phenols is 1. The monoisotopic (exact) mass is 478 g/mol. The number of carbonyl (C=O) groups excluding carboxylic acids is 1. The summed E-state index contributed by atoms with van der Waals surface area (Å²) in [5.41, 5.74) is 3.65. The fourth-order valence-electron chi connectivity index (χ4n) is 1.49. The smallest absolute Gasteiger partial charge is 0.271 e. The third-order valence-corrected chi connectivity index (χ3v) is 4.20. The summed E-state index contributed by atoms with van der Waals surface area (Å²) in [5, 5.41) is 14.1.